The van der Waals surface area contributed by atoms with Crippen molar-refractivity contribution in [2.75, 3.05) is 11.6 Å². The lowest BCUT2D eigenvalue weighted by molar-refractivity contribution is 1.46. The second kappa shape index (κ2) is 4.17. The number of allylic oxidation sites excluding steroid dienone is 1. The van der Waals surface area contributed by atoms with E-state index in [-0.39, 0.29) is 0 Å². The Morgan fingerprint density at radius 2 is 2.17 bits per heavy atom. The number of anilines is 1. The molecule has 1 rings (SSSR count). The van der Waals surface area contributed by atoms with E-state index in [1.165, 1.54) is 5.56 Å². The van der Waals surface area contributed by atoms with Gasteiger partial charge in [0.25, 0.3) is 0 Å². The number of nitrogen functional groups attached to an aromatic ring is 1. The first kappa shape index (κ1) is 9.14. The zero-order valence-electron chi connectivity index (χ0n) is 7.05. The van der Waals surface area contributed by atoms with Gasteiger partial charge in [-0.2, -0.15) is 0 Å². The van der Waals surface area contributed by atoms with Crippen LogP contribution >= 0.6 is 11.6 Å². The molecule has 0 spiro atoms. The highest BCUT2D eigenvalue weighted by Gasteiger charge is 1.91. The van der Waals surface area contributed by atoms with Gasteiger partial charge in [0, 0.05) is 11.6 Å². The predicted molar refractivity (Wildman–Crippen MR) is 55.3 cm³/mol. The largest absolute Gasteiger partial charge is 0.399 e. The van der Waals surface area contributed by atoms with Crippen LogP contribution in [0.4, 0.5) is 5.69 Å². The van der Waals surface area contributed by atoms with Crippen LogP contribution in [0.1, 0.15) is 11.1 Å². The van der Waals surface area contributed by atoms with Crippen molar-refractivity contribution in [3.63, 3.8) is 0 Å². The van der Waals surface area contributed by atoms with Crippen molar-refractivity contribution in [3.8, 4) is 0 Å². The fourth-order valence-electron chi connectivity index (χ4n) is 1.12. The second-order valence-corrected chi connectivity index (χ2v) is 3.04. The fourth-order valence-corrected chi connectivity index (χ4v) is 1.21. The van der Waals surface area contributed by atoms with Crippen LogP contribution in [0.15, 0.2) is 24.3 Å². The molecule has 2 heteroatoms. The summed E-state index contributed by atoms with van der Waals surface area (Å²) in [7, 11) is 0. The maximum atomic E-state index is 5.66. The minimum atomic E-state index is 0.536. The summed E-state index contributed by atoms with van der Waals surface area (Å²) < 4.78 is 0. The summed E-state index contributed by atoms with van der Waals surface area (Å²) in [4.78, 5) is 0. The molecule has 1 nitrogen and oxygen atoms in total. The second-order valence-electron chi connectivity index (χ2n) is 2.73. The molecule has 0 unspecified atom stereocenters. The third-order valence-corrected chi connectivity index (χ3v) is 1.70. The lowest BCUT2D eigenvalue weighted by Crippen LogP contribution is -1.86. The monoisotopic (exact) mass is 181 g/mol. The Bertz CT molecular complexity index is 272. The molecular weight excluding hydrogens is 170 g/mol. The van der Waals surface area contributed by atoms with E-state index in [4.69, 9.17) is 17.3 Å². The van der Waals surface area contributed by atoms with Crippen LogP contribution in [0.3, 0.4) is 0 Å². The van der Waals surface area contributed by atoms with Gasteiger partial charge in [0.2, 0.25) is 0 Å². The number of nitrogens with two attached hydrogens (primary N) is 1. The molecule has 0 fully saturated rings. The smallest absolute Gasteiger partial charge is 0.0407 e. The topological polar surface area (TPSA) is 26.0 Å². The first-order valence-electron chi connectivity index (χ1n) is 3.82. The molecule has 12 heavy (non-hydrogen) atoms. The van der Waals surface area contributed by atoms with E-state index in [0.29, 0.717) is 5.88 Å². The highest BCUT2D eigenvalue weighted by molar-refractivity contribution is 6.19. The lowest BCUT2D eigenvalue weighted by atomic mass is 10.1. The molecule has 0 radical (unpaired) electrons. The lowest BCUT2D eigenvalue weighted by Gasteiger charge is -1.98. The van der Waals surface area contributed by atoms with Crippen molar-refractivity contribution in [2.24, 2.45) is 0 Å². The Morgan fingerprint density at radius 3 is 2.75 bits per heavy atom. The number of benzene rings is 1. The number of halogens is 1. The molecule has 0 saturated heterocycles. The van der Waals surface area contributed by atoms with E-state index < -0.39 is 0 Å². The SMILES string of the molecule is Cc1cc(N)cc(C=CCCl)c1. The molecule has 1 aromatic carbocycles. The Balaban J connectivity index is 2.93. The van der Waals surface area contributed by atoms with Crippen LogP contribution in [0.2, 0.25) is 0 Å². The zero-order chi connectivity index (χ0) is 8.97. The Morgan fingerprint density at radius 1 is 1.42 bits per heavy atom. The van der Waals surface area contributed by atoms with Gasteiger partial charge < -0.3 is 5.73 Å². The number of alkyl halides is 1. The van der Waals surface area contributed by atoms with Crippen LogP contribution in [-0.4, -0.2) is 5.88 Å². The van der Waals surface area contributed by atoms with Gasteiger partial charge in [-0.05, 0) is 30.2 Å². The standard InChI is InChI=1S/C10H12ClN/c1-8-5-9(3-2-4-11)7-10(12)6-8/h2-3,5-7H,4,12H2,1H3. The molecule has 2 N–H and O–H groups in total. The third-order valence-electron chi connectivity index (χ3n) is 1.52. The quantitative estimate of drug-likeness (QED) is 0.551. The van der Waals surface area contributed by atoms with Crippen molar-refractivity contribution < 1.29 is 0 Å². The highest BCUT2D eigenvalue weighted by Crippen LogP contribution is 2.12. The first-order valence-corrected chi connectivity index (χ1v) is 4.35. The van der Waals surface area contributed by atoms with Gasteiger partial charge >= 0.3 is 0 Å². The van der Waals surface area contributed by atoms with E-state index in [9.17, 15) is 0 Å². The highest BCUT2D eigenvalue weighted by atomic mass is 35.5. The molecule has 0 aliphatic carbocycles. The molecule has 0 aromatic heterocycles. The van der Waals surface area contributed by atoms with Crippen molar-refractivity contribution >= 4 is 23.4 Å². The summed E-state index contributed by atoms with van der Waals surface area (Å²) in [5, 5.41) is 0. The average molecular weight is 182 g/mol. The Hall–Kier alpha value is -0.950. The van der Waals surface area contributed by atoms with Gasteiger partial charge in [-0.3, -0.25) is 0 Å². The molecule has 0 aliphatic rings. The van der Waals surface area contributed by atoms with Gasteiger partial charge in [-0.25, -0.2) is 0 Å². The number of rotatable bonds is 2. The van der Waals surface area contributed by atoms with Crippen molar-refractivity contribution in [3.05, 3.63) is 35.4 Å². The van der Waals surface area contributed by atoms with Crippen molar-refractivity contribution in [1.29, 1.82) is 0 Å². The van der Waals surface area contributed by atoms with E-state index in [0.717, 1.165) is 11.3 Å². The van der Waals surface area contributed by atoms with Crippen molar-refractivity contribution in [2.45, 2.75) is 6.92 Å². The first-order chi connectivity index (χ1) is 5.72. The van der Waals surface area contributed by atoms with Crippen LogP contribution in [0.25, 0.3) is 6.08 Å². The maximum absolute atomic E-state index is 5.66. The van der Waals surface area contributed by atoms with E-state index >= 15 is 0 Å². The summed E-state index contributed by atoms with van der Waals surface area (Å²) >= 11 is 5.51. The van der Waals surface area contributed by atoms with Gasteiger partial charge in [-0.1, -0.05) is 18.2 Å². The molecule has 0 bridgehead atoms. The number of hydrogen-bond acceptors (Lipinski definition) is 1. The Labute approximate surface area is 77.8 Å². The van der Waals surface area contributed by atoms with Crippen LogP contribution in [-0.2, 0) is 0 Å². The molecule has 1 aromatic rings. The third kappa shape index (κ3) is 2.59. The fraction of sp³-hybridized carbons (Fsp3) is 0.200. The van der Waals surface area contributed by atoms with Gasteiger partial charge in [-0.15, -0.1) is 11.6 Å². The minimum Gasteiger partial charge on any atom is -0.399 e. The number of aryl methyl sites for hydroxylation is 1. The molecule has 0 amide bonds. The van der Waals surface area contributed by atoms with Crippen molar-refractivity contribution in [1.82, 2.24) is 0 Å². The molecule has 64 valence electrons. The molecule has 0 aliphatic heterocycles. The minimum absolute atomic E-state index is 0.536. The zero-order valence-corrected chi connectivity index (χ0v) is 7.81. The van der Waals surface area contributed by atoms with E-state index in [2.05, 4.69) is 6.07 Å². The van der Waals surface area contributed by atoms with Gasteiger partial charge in [0.05, 0.1) is 0 Å². The summed E-state index contributed by atoms with van der Waals surface area (Å²) in [6.45, 7) is 2.02. The summed E-state index contributed by atoms with van der Waals surface area (Å²) in [6, 6.07) is 5.94. The van der Waals surface area contributed by atoms with Crippen LogP contribution < -0.4 is 5.73 Å². The number of hydrogen-bond donors (Lipinski definition) is 1. The average Bonchev–Trinajstić information content (AvgIpc) is 1.99. The van der Waals surface area contributed by atoms with E-state index in [1.807, 2.05) is 31.2 Å². The predicted octanol–water partition coefficient (Wildman–Crippen LogP) is 2.83. The Kier molecular flexibility index (Phi) is 3.18. The van der Waals surface area contributed by atoms with Crippen LogP contribution in [0.5, 0.6) is 0 Å². The maximum Gasteiger partial charge on any atom is 0.0407 e. The summed E-state index contributed by atoms with van der Waals surface area (Å²) in [6.07, 6.45) is 3.87. The normalized spacial score (nSPS) is 10.8. The van der Waals surface area contributed by atoms with Gasteiger partial charge in [0.15, 0.2) is 0 Å². The van der Waals surface area contributed by atoms with E-state index in [1.54, 1.807) is 0 Å². The molecule has 0 heterocycles. The molecule has 0 atom stereocenters. The molecule has 0 saturated carbocycles. The summed E-state index contributed by atoms with van der Waals surface area (Å²) in [5.74, 6) is 0.536. The van der Waals surface area contributed by atoms with Crippen LogP contribution in [0, 0.1) is 6.92 Å². The molecular formula is C10H12ClN. The van der Waals surface area contributed by atoms with Gasteiger partial charge in [0.1, 0.15) is 0 Å². The summed E-state index contributed by atoms with van der Waals surface area (Å²) in [5.41, 5.74) is 8.74.